The van der Waals surface area contributed by atoms with E-state index in [9.17, 15) is 19.7 Å². The molecule has 8 heteroatoms. The van der Waals surface area contributed by atoms with Gasteiger partial charge in [-0.3, -0.25) is 19.7 Å². The van der Waals surface area contributed by atoms with E-state index in [1.54, 1.807) is 0 Å². The fourth-order valence-corrected chi connectivity index (χ4v) is 1.82. The fourth-order valence-electron chi connectivity index (χ4n) is 1.33. The van der Waals surface area contributed by atoms with Crippen molar-refractivity contribution in [2.45, 2.75) is 6.92 Å². The van der Waals surface area contributed by atoms with Crippen LogP contribution in [0.5, 0.6) is 11.5 Å². The van der Waals surface area contributed by atoms with E-state index in [0.717, 1.165) is 6.92 Å². The van der Waals surface area contributed by atoms with E-state index < -0.39 is 16.6 Å². The molecule has 0 amide bonds. The predicted molar refractivity (Wildman–Crippen MR) is 64.0 cm³/mol. The van der Waals surface area contributed by atoms with Crippen molar-refractivity contribution in [3.05, 3.63) is 26.2 Å². The highest BCUT2D eigenvalue weighted by atomic mass is 79.9. The van der Waals surface area contributed by atoms with Crippen LogP contribution in [0.1, 0.15) is 17.3 Å². The monoisotopic (exact) mass is 317 g/mol. The van der Waals surface area contributed by atoms with Crippen LogP contribution >= 0.6 is 15.9 Å². The van der Waals surface area contributed by atoms with Crippen molar-refractivity contribution in [2.24, 2.45) is 0 Å². The van der Waals surface area contributed by atoms with Gasteiger partial charge in [-0.1, -0.05) is 0 Å². The molecule has 0 saturated heterocycles. The Hall–Kier alpha value is -1.96. The summed E-state index contributed by atoms with van der Waals surface area (Å²) in [6.07, 6.45) is 0.322. The first-order chi connectivity index (χ1) is 8.42. The number of aldehydes is 1. The van der Waals surface area contributed by atoms with Crippen LogP contribution in [0.3, 0.4) is 0 Å². The molecule has 1 rings (SSSR count). The SMILES string of the molecule is COc1c(OC(C)=O)cc(Br)c(C=O)c1[N+](=O)[O-]. The van der Waals surface area contributed by atoms with Gasteiger partial charge in [0.25, 0.3) is 0 Å². The third kappa shape index (κ3) is 2.65. The number of nitrogens with zero attached hydrogens (tertiary/aromatic N) is 1. The Bertz CT molecular complexity index is 528. The highest BCUT2D eigenvalue weighted by Gasteiger charge is 2.28. The molecule has 0 aliphatic rings. The van der Waals surface area contributed by atoms with Crippen LogP contribution in [0, 0.1) is 10.1 Å². The van der Waals surface area contributed by atoms with Crippen molar-refractivity contribution in [1.29, 1.82) is 0 Å². The minimum absolute atomic E-state index is 0.130. The third-order valence-electron chi connectivity index (χ3n) is 1.97. The summed E-state index contributed by atoms with van der Waals surface area (Å²) in [5.74, 6) is -1.07. The zero-order valence-corrected chi connectivity index (χ0v) is 11.0. The number of esters is 1. The maximum atomic E-state index is 11.0. The molecule has 0 bridgehead atoms. The molecule has 0 N–H and O–H groups in total. The van der Waals surface area contributed by atoms with E-state index in [4.69, 9.17) is 9.47 Å². The zero-order valence-electron chi connectivity index (χ0n) is 9.43. The van der Waals surface area contributed by atoms with Gasteiger partial charge in [0.2, 0.25) is 5.75 Å². The number of nitro groups is 1. The van der Waals surface area contributed by atoms with Crippen LogP contribution in [0.25, 0.3) is 0 Å². The van der Waals surface area contributed by atoms with Crippen molar-refractivity contribution in [3.63, 3.8) is 0 Å². The second kappa shape index (κ2) is 5.58. The fraction of sp³-hybridized carbons (Fsp3) is 0.200. The average molecular weight is 318 g/mol. The molecule has 0 atom stereocenters. The number of halogens is 1. The highest BCUT2D eigenvalue weighted by molar-refractivity contribution is 9.10. The molecule has 0 fully saturated rings. The van der Waals surface area contributed by atoms with Crippen molar-refractivity contribution < 1.29 is 24.0 Å². The lowest BCUT2D eigenvalue weighted by Gasteiger charge is -2.10. The number of benzene rings is 1. The molecular formula is C10H8BrNO6. The van der Waals surface area contributed by atoms with E-state index in [-0.39, 0.29) is 21.5 Å². The lowest BCUT2D eigenvalue weighted by atomic mass is 10.1. The average Bonchev–Trinajstić information content (AvgIpc) is 2.27. The molecule has 1 aromatic rings. The molecule has 96 valence electrons. The van der Waals surface area contributed by atoms with Crippen LogP contribution in [0.2, 0.25) is 0 Å². The van der Waals surface area contributed by atoms with Gasteiger partial charge in [-0.25, -0.2) is 0 Å². The molecule has 0 heterocycles. The van der Waals surface area contributed by atoms with E-state index in [2.05, 4.69) is 15.9 Å². The van der Waals surface area contributed by atoms with Gasteiger partial charge in [-0.2, -0.15) is 0 Å². The van der Waals surface area contributed by atoms with Crippen molar-refractivity contribution in [1.82, 2.24) is 0 Å². The quantitative estimate of drug-likeness (QED) is 0.277. The second-order valence-corrected chi connectivity index (χ2v) is 3.97. The normalized spacial score (nSPS) is 9.72. The van der Waals surface area contributed by atoms with E-state index in [1.807, 2.05) is 0 Å². The maximum absolute atomic E-state index is 11.0. The number of carbonyl (C=O) groups is 2. The number of methoxy groups -OCH3 is 1. The molecule has 0 aliphatic heterocycles. The number of rotatable bonds is 4. The number of hydrogen-bond donors (Lipinski definition) is 0. The molecule has 0 saturated carbocycles. The van der Waals surface area contributed by atoms with Crippen molar-refractivity contribution in [3.8, 4) is 11.5 Å². The first-order valence-corrected chi connectivity index (χ1v) is 5.40. The Morgan fingerprint density at radius 2 is 2.17 bits per heavy atom. The molecule has 0 unspecified atom stereocenters. The Morgan fingerprint density at radius 1 is 1.56 bits per heavy atom. The minimum Gasteiger partial charge on any atom is -0.488 e. The second-order valence-electron chi connectivity index (χ2n) is 3.12. The van der Waals surface area contributed by atoms with Gasteiger partial charge in [-0.05, 0) is 15.9 Å². The lowest BCUT2D eigenvalue weighted by molar-refractivity contribution is -0.386. The predicted octanol–water partition coefficient (Wildman–Crippen LogP) is 2.10. The smallest absolute Gasteiger partial charge is 0.326 e. The van der Waals surface area contributed by atoms with Gasteiger partial charge in [0.1, 0.15) is 5.56 Å². The first kappa shape index (κ1) is 14.1. The summed E-state index contributed by atoms with van der Waals surface area (Å²) in [7, 11) is 1.18. The number of nitro benzene ring substituents is 1. The molecule has 0 spiro atoms. The standard InChI is InChI=1S/C10H8BrNO6/c1-5(14)18-8-3-7(11)6(4-13)9(12(15)16)10(8)17-2/h3-4H,1-2H3. The van der Waals surface area contributed by atoms with Gasteiger partial charge in [0, 0.05) is 17.5 Å². The zero-order chi connectivity index (χ0) is 13.9. The summed E-state index contributed by atoms with van der Waals surface area (Å²) in [5, 5.41) is 11.0. The summed E-state index contributed by atoms with van der Waals surface area (Å²) in [6, 6.07) is 1.26. The Kier molecular flexibility index (Phi) is 4.38. The van der Waals surface area contributed by atoms with Crippen molar-refractivity contribution >= 4 is 33.9 Å². The van der Waals surface area contributed by atoms with Crippen molar-refractivity contribution in [2.75, 3.05) is 7.11 Å². The maximum Gasteiger partial charge on any atom is 0.326 e. The number of ether oxygens (including phenoxy) is 2. The highest BCUT2D eigenvalue weighted by Crippen LogP contribution is 2.42. The van der Waals surface area contributed by atoms with E-state index >= 15 is 0 Å². The third-order valence-corrected chi connectivity index (χ3v) is 2.62. The molecule has 0 aromatic heterocycles. The minimum atomic E-state index is -0.777. The molecule has 1 aromatic carbocycles. The Balaban J connectivity index is 3.61. The summed E-state index contributed by atoms with van der Waals surface area (Å²) in [5.41, 5.74) is -0.745. The Morgan fingerprint density at radius 3 is 2.56 bits per heavy atom. The van der Waals surface area contributed by atoms with Gasteiger partial charge >= 0.3 is 11.7 Å². The largest absolute Gasteiger partial charge is 0.488 e. The van der Waals surface area contributed by atoms with Crippen LogP contribution < -0.4 is 9.47 Å². The molecule has 0 aliphatic carbocycles. The van der Waals surface area contributed by atoms with E-state index in [1.165, 1.54) is 13.2 Å². The Labute approximate surface area is 110 Å². The first-order valence-electron chi connectivity index (χ1n) is 4.60. The molecule has 7 nitrogen and oxygen atoms in total. The van der Waals surface area contributed by atoms with Crippen LogP contribution in [-0.4, -0.2) is 24.3 Å². The lowest BCUT2D eigenvalue weighted by Crippen LogP contribution is -2.06. The number of hydrogen-bond acceptors (Lipinski definition) is 6. The van der Waals surface area contributed by atoms with Gasteiger partial charge < -0.3 is 9.47 Å². The van der Waals surface area contributed by atoms with Gasteiger partial charge in [-0.15, -0.1) is 0 Å². The summed E-state index contributed by atoms with van der Waals surface area (Å²) < 4.78 is 9.77. The molecule has 18 heavy (non-hydrogen) atoms. The van der Waals surface area contributed by atoms with Crippen LogP contribution in [-0.2, 0) is 4.79 Å². The van der Waals surface area contributed by atoms with Gasteiger partial charge in [0.15, 0.2) is 12.0 Å². The summed E-state index contributed by atoms with van der Waals surface area (Å²) >= 11 is 3.00. The topological polar surface area (TPSA) is 95.7 Å². The van der Waals surface area contributed by atoms with Crippen LogP contribution in [0.4, 0.5) is 5.69 Å². The molecule has 0 radical (unpaired) electrons. The summed E-state index contributed by atoms with van der Waals surface area (Å²) in [6.45, 7) is 1.15. The van der Waals surface area contributed by atoms with Crippen LogP contribution in [0.15, 0.2) is 10.5 Å². The summed E-state index contributed by atoms with van der Waals surface area (Å²) in [4.78, 5) is 31.9. The van der Waals surface area contributed by atoms with E-state index in [0.29, 0.717) is 6.29 Å². The molecular weight excluding hydrogens is 310 g/mol. The number of carbonyl (C=O) groups excluding carboxylic acids is 2. The van der Waals surface area contributed by atoms with Gasteiger partial charge in [0.05, 0.1) is 12.0 Å².